The summed E-state index contributed by atoms with van der Waals surface area (Å²) in [6.07, 6.45) is 1.73. The van der Waals surface area contributed by atoms with Gasteiger partial charge in [0.2, 0.25) is 0 Å². The molecule has 0 saturated carbocycles. The average molecular weight is 342 g/mol. The van der Waals surface area contributed by atoms with E-state index in [4.69, 9.17) is 9.26 Å². The Kier molecular flexibility index (Phi) is 3.92. The fourth-order valence-electron chi connectivity index (χ4n) is 2.85. The monoisotopic (exact) mass is 342 g/mol. The molecule has 1 aliphatic heterocycles. The number of carbonyl (C=O) groups excluding carboxylic acids is 1. The summed E-state index contributed by atoms with van der Waals surface area (Å²) < 4.78 is 12.4. The van der Waals surface area contributed by atoms with Crippen LogP contribution in [-0.2, 0) is 11.3 Å². The minimum Gasteiger partial charge on any atom is -0.368 e. The van der Waals surface area contributed by atoms with Crippen LogP contribution < -0.4 is 5.32 Å². The first-order chi connectivity index (χ1) is 12.1. The van der Waals surface area contributed by atoms with Crippen molar-refractivity contribution < 1.29 is 14.1 Å². The third-order valence-electron chi connectivity index (χ3n) is 4.06. The maximum atomic E-state index is 12.4. The molecule has 1 N–H and O–H groups in total. The van der Waals surface area contributed by atoms with Crippen LogP contribution in [0.5, 0.6) is 0 Å². The average Bonchev–Trinajstić information content (AvgIpc) is 3.31. The van der Waals surface area contributed by atoms with Crippen LogP contribution in [0.15, 0.2) is 16.7 Å². The molecule has 4 heterocycles. The summed E-state index contributed by atoms with van der Waals surface area (Å²) in [7, 11) is 0. The molecule has 1 atom stereocenters. The van der Waals surface area contributed by atoms with E-state index in [1.807, 2.05) is 19.9 Å². The molecule has 0 unspecified atom stereocenters. The number of carbonyl (C=O) groups is 1. The van der Waals surface area contributed by atoms with Crippen molar-refractivity contribution >= 4 is 11.6 Å². The summed E-state index contributed by atoms with van der Waals surface area (Å²) in [5.41, 5.74) is 2.65. The predicted molar refractivity (Wildman–Crippen MR) is 85.9 cm³/mol. The van der Waals surface area contributed by atoms with Crippen LogP contribution >= 0.6 is 0 Å². The summed E-state index contributed by atoms with van der Waals surface area (Å²) in [6, 6.07) is 3.53. The van der Waals surface area contributed by atoms with Gasteiger partial charge in [-0.25, -0.2) is 9.50 Å². The Balaban J connectivity index is 1.45. The molecule has 0 aliphatic carbocycles. The predicted octanol–water partition coefficient (Wildman–Crippen LogP) is 1.51. The van der Waals surface area contributed by atoms with Gasteiger partial charge in [0.25, 0.3) is 11.8 Å². The van der Waals surface area contributed by atoms with E-state index in [2.05, 4.69) is 25.5 Å². The highest BCUT2D eigenvalue weighted by atomic mass is 16.5. The molecular weight excluding hydrogens is 324 g/mol. The maximum absolute atomic E-state index is 12.4. The van der Waals surface area contributed by atoms with E-state index in [1.165, 1.54) is 0 Å². The molecule has 4 rings (SSSR count). The van der Waals surface area contributed by atoms with Gasteiger partial charge < -0.3 is 14.6 Å². The van der Waals surface area contributed by atoms with Gasteiger partial charge in [-0.15, -0.1) is 0 Å². The zero-order valence-corrected chi connectivity index (χ0v) is 14.0. The summed E-state index contributed by atoms with van der Waals surface area (Å²) in [4.78, 5) is 21.0. The van der Waals surface area contributed by atoms with Crippen molar-refractivity contribution in [1.29, 1.82) is 0 Å². The van der Waals surface area contributed by atoms with Crippen LogP contribution in [-0.4, -0.2) is 37.3 Å². The van der Waals surface area contributed by atoms with Crippen LogP contribution in [0.4, 0.5) is 0 Å². The lowest BCUT2D eigenvalue weighted by atomic mass is 10.2. The molecule has 9 heteroatoms. The molecule has 1 amide bonds. The quantitative estimate of drug-likeness (QED) is 0.765. The van der Waals surface area contributed by atoms with E-state index in [0.717, 1.165) is 24.2 Å². The number of aryl methyl sites for hydroxylation is 2. The van der Waals surface area contributed by atoms with Crippen LogP contribution in [0.1, 0.15) is 52.5 Å². The lowest BCUT2D eigenvalue weighted by molar-refractivity contribution is 0.0835. The molecule has 25 heavy (non-hydrogen) atoms. The van der Waals surface area contributed by atoms with Gasteiger partial charge in [0.05, 0.1) is 12.2 Å². The highest BCUT2D eigenvalue weighted by Crippen LogP contribution is 2.26. The van der Waals surface area contributed by atoms with E-state index < -0.39 is 0 Å². The van der Waals surface area contributed by atoms with E-state index >= 15 is 0 Å². The van der Waals surface area contributed by atoms with Gasteiger partial charge in [-0.2, -0.15) is 10.1 Å². The van der Waals surface area contributed by atoms with Crippen molar-refractivity contribution in [3.63, 3.8) is 0 Å². The minimum absolute atomic E-state index is 0.131. The molecule has 3 aromatic heterocycles. The molecule has 0 aromatic carbocycles. The third kappa shape index (κ3) is 3.10. The number of nitrogens with one attached hydrogen (secondary N) is 1. The van der Waals surface area contributed by atoms with Crippen LogP contribution in [0.3, 0.4) is 0 Å². The normalized spacial score (nSPS) is 17.3. The number of amides is 1. The zero-order chi connectivity index (χ0) is 17.4. The SMILES string of the molecule is Cc1cc2nc(C(=O)NCc3noc([C@H]4CCCO4)n3)cc(C)n2n1. The molecule has 1 aliphatic rings. The van der Waals surface area contributed by atoms with Gasteiger partial charge in [-0.1, -0.05) is 5.16 Å². The summed E-state index contributed by atoms with van der Waals surface area (Å²) in [5.74, 6) is 0.580. The zero-order valence-electron chi connectivity index (χ0n) is 14.0. The molecule has 1 saturated heterocycles. The summed E-state index contributed by atoms with van der Waals surface area (Å²) in [6.45, 7) is 4.64. The third-order valence-corrected chi connectivity index (χ3v) is 4.06. The fraction of sp³-hybridized carbons (Fsp3) is 0.438. The maximum Gasteiger partial charge on any atom is 0.270 e. The van der Waals surface area contributed by atoms with Gasteiger partial charge in [0.15, 0.2) is 11.5 Å². The Bertz CT molecular complexity index is 925. The molecule has 3 aromatic rings. The second-order valence-corrected chi connectivity index (χ2v) is 6.07. The van der Waals surface area contributed by atoms with Crippen molar-refractivity contribution in [1.82, 2.24) is 30.1 Å². The largest absolute Gasteiger partial charge is 0.368 e. The van der Waals surface area contributed by atoms with Crippen molar-refractivity contribution in [3.8, 4) is 0 Å². The Morgan fingerprint density at radius 2 is 2.24 bits per heavy atom. The number of rotatable bonds is 4. The van der Waals surface area contributed by atoms with Gasteiger partial charge in [-0.3, -0.25) is 4.79 Å². The molecular formula is C16H18N6O3. The number of nitrogens with zero attached hydrogens (tertiary/aromatic N) is 5. The van der Waals surface area contributed by atoms with Crippen LogP contribution in [0, 0.1) is 13.8 Å². The topological polar surface area (TPSA) is 107 Å². The van der Waals surface area contributed by atoms with E-state index in [0.29, 0.717) is 29.7 Å². The highest BCUT2D eigenvalue weighted by Gasteiger charge is 2.24. The minimum atomic E-state index is -0.298. The van der Waals surface area contributed by atoms with Gasteiger partial charge >= 0.3 is 0 Å². The van der Waals surface area contributed by atoms with Crippen LogP contribution in [0.2, 0.25) is 0 Å². The second-order valence-electron chi connectivity index (χ2n) is 6.07. The Morgan fingerprint density at radius 3 is 3.04 bits per heavy atom. The molecule has 0 spiro atoms. The van der Waals surface area contributed by atoms with Crippen molar-refractivity contribution in [2.45, 2.75) is 39.3 Å². The first kappa shape index (κ1) is 15.7. The molecule has 0 bridgehead atoms. The number of hydrogen-bond donors (Lipinski definition) is 1. The molecule has 130 valence electrons. The number of hydrogen-bond acceptors (Lipinski definition) is 7. The standard InChI is InChI=1S/C16H18N6O3/c1-9-6-14-18-11(7-10(2)22(14)20-9)15(23)17-8-13-19-16(25-21-13)12-4-3-5-24-12/h6-7,12H,3-5,8H2,1-2H3,(H,17,23)/t12-/m1/s1. The lowest BCUT2D eigenvalue weighted by Gasteiger charge is -2.05. The first-order valence-corrected chi connectivity index (χ1v) is 8.16. The smallest absolute Gasteiger partial charge is 0.270 e. The molecule has 1 fully saturated rings. The summed E-state index contributed by atoms with van der Waals surface area (Å²) in [5, 5.41) is 11.0. The lowest BCUT2D eigenvalue weighted by Crippen LogP contribution is -2.25. The second kappa shape index (κ2) is 6.25. The number of fused-ring (bicyclic) bond motifs is 1. The van der Waals surface area contributed by atoms with E-state index in [1.54, 1.807) is 10.6 Å². The molecule has 0 radical (unpaired) electrons. The highest BCUT2D eigenvalue weighted by molar-refractivity contribution is 5.92. The number of ether oxygens (including phenoxy) is 1. The number of aromatic nitrogens is 5. The first-order valence-electron chi connectivity index (χ1n) is 8.16. The van der Waals surface area contributed by atoms with E-state index in [-0.39, 0.29) is 18.6 Å². The fourth-order valence-corrected chi connectivity index (χ4v) is 2.85. The van der Waals surface area contributed by atoms with Crippen molar-refractivity contribution in [2.75, 3.05) is 6.61 Å². The summed E-state index contributed by atoms with van der Waals surface area (Å²) >= 11 is 0. The van der Waals surface area contributed by atoms with Crippen molar-refractivity contribution in [2.24, 2.45) is 0 Å². The van der Waals surface area contributed by atoms with Gasteiger partial charge in [0, 0.05) is 18.4 Å². The van der Waals surface area contributed by atoms with Crippen LogP contribution in [0.25, 0.3) is 5.65 Å². The van der Waals surface area contributed by atoms with E-state index in [9.17, 15) is 4.79 Å². The Morgan fingerprint density at radius 1 is 1.36 bits per heavy atom. The van der Waals surface area contributed by atoms with Gasteiger partial charge in [-0.05, 0) is 32.8 Å². The van der Waals surface area contributed by atoms with Gasteiger partial charge in [0.1, 0.15) is 11.8 Å². The molecule has 9 nitrogen and oxygen atoms in total. The Labute approximate surface area is 143 Å². The van der Waals surface area contributed by atoms with Crippen molar-refractivity contribution in [3.05, 3.63) is 40.9 Å². The Hall–Kier alpha value is -2.81.